The molecule has 1 N–H and O–H groups in total. The number of rotatable bonds is 5. The third kappa shape index (κ3) is 4.74. The number of piperidine rings is 1. The predicted molar refractivity (Wildman–Crippen MR) is 120 cm³/mol. The number of nitrogens with zero attached hydrogens (tertiary/aromatic N) is 2. The number of morpholine rings is 1. The Morgan fingerprint density at radius 3 is 2.43 bits per heavy atom. The zero-order valence-corrected chi connectivity index (χ0v) is 18.3. The van der Waals surface area contributed by atoms with Crippen LogP contribution in [-0.2, 0) is 9.53 Å². The van der Waals surface area contributed by atoms with E-state index in [-0.39, 0.29) is 11.8 Å². The minimum Gasteiger partial charge on any atom is -0.379 e. The van der Waals surface area contributed by atoms with Gasteiger partial charge in [0.25, 0.3) is 5.91 Å². The summed E-state index contributed by atoms with van der Waals surface area (Å²) in [5, 5.41) is 3.73. The lowest BCUT2D eigenvalue weighted by molar-refractivity contribution is -0.118. The van der Waals surface area contributed by atoms with Crippen molar-refractivity contribution in [3.63, 3.8) is 0 Å². The van der Waals surface area contributed by atoms with Crippen molar-refractivity contribution in [1.29, 1.82) is 0 Å². The van der Waals surface area contributed by atoms with E-state index in [9.17, 15) is 9.59 Å². The highest BCUT2D eigenvalue weighted by atomic mass is 32.1. The minimum atomic E-state index is -0.0783. The van der Waals surface area contributed by atoms with Crippen molar-refractivity contribution >= 4 is 28.2 Å². The molecular formula is C23H29N3O3S. The van der Waals surface area contributed by atoms with Crippen LogP contribution in [0, 0.1) is 6.92 Å². The van der Waals surface area contributed by atoms with E-state index in [0.717, 1.165) is 55.0 Å². The molecule has 2 aliphatic rings. The first-order chi connectivity index (χ1) is 14.6. The van der Waals surface area contributed by atoms with E-state index in [1.54, 1.807) is 0 Å². The van der Waals surface area contributed by atoms with Crippen LogP contribution in [-0.4, -0.2) is 67.6 Å². The standard InChI is InChI=1S/C23H29N3O3S/c1-17-20(23(28)26-10-6-3-7-11-26)22(30-21(17)18-8-4-2-5-9-18)24-19(27)16-25-12-14-29-15-13-25/h2,4-5,8-9H,3,6-7,10-16H2,1H3,(H,24,27). The average Bonchev–Trinajstić information content (AvgIpc) is 3.10. The van der Waals surface area contributed by atoms with Crippen molar-refractivity contribution in [1.82, 2.24) is 9.80 Å². The third-order valence-electron chi connectivity index (χ3n) is 5.76. The molecule has 0 spiro atoms. The first kappa shape index (κ1) is 21.0. The Morgan fingerprint density at radius 1 is 1.03 bits per heavy atom. The average molecular weight is 428 g/mol. The van der Waals surface area contributed by atoms with Gasteiger partial charge in [0, 0.05) is 31.1 Å². The molecule has 0 atom stereocenters. The topological polar surface area (TPSA) is 61.9 Å². The molecule has 4 rings (SSSR count). The van der Waals surface area contributed by atoms with Crippen LogP contribution >= 0.6 is 11.3 Å². The highest BCUT2D eigenvalue weighted by Gasteiger charge is 2.28. The molecule has 2 amide bonds. The van der Waals surface area contributed by atoms with Crippen LogP contribution in [0.1, 0.15) is 35.2 Å². The second-order valence-electron chi connectivity index (χ2n) is 7.92. The zero-order chi connectivity index (χ0) is 20.9. The van der Waals surface area contributed by atoms with Gasteiger partial charge in [0.15, 0.2) is 0 Å². The fraction of sp³-hybridized carbons (Fsp3) is 0.478. The van der Waals surface area contributed by atoms with Gasteiger partial charge in [-0.1, -0.05) is 30.3 Å². The molecule has 0 bridgehead atoms. The molecule has 0 unspecified atom stereocenters. The maximum atomic E-state index is 13.4. The van der Waals surface area contributed by atoms with Crippen LogP contribution < -0.4 is 5.32 Å². The van der Waals surface area contributed by atoms with Gasteiger partial charge in [-0.3, -0.25) is 14.5 Å². The highest BCUT2D eigenvalue weighted by molar-refractivity contribution is 7.20. The monoisotopic (exact) mass is 427 g/mol. The molecule has 3 heterocycles. The Hall–Kier alpha value is -2.22. The molecule has 1 aromatic carbocycles. The van der Waals surface area contributed by atoms with Crippen LogP contribution in [0.15, 0.2) is 30.3 Å². The van der Waals surface area contributed by atoms with E-state index >= 15 is 0 Å². The lowest BCUT2D eigenvalue weighted by Crippen LogP contribution is -2.41. The van der Waals surface area contributed by atoms with Crippen LogP contribution in [0.5, 0.6) is 0 Å². The number of hydrogen-bond acceptors (Lipinski definition) is 5. The number of benzene rings is 1. The van der Waals surface area contributed by atoms with Crippen molar-refractivity contribution in [3.05, 3.63) is 41.5 Å². The molecule has 2 aliphatic heterocycles. The van der Waals surface area contributed by atoms with Gasteiger partial charge in [-0.2, -0.15) is 0 Å². The molecule has 7 heteroatoms. The fourth-order valence-electron chi connectivity index (χ4n) is 4.11. The second kappa shape index (κ2) is 9.73. The summed E-state index contributed by atoms with van der Waals surface area (Å²) >= 11 is 1.50. The summed E-state index contributed by atoms with van der Waals surface area (Å²) < 4.78 is 5.36. The molecule has 0 radical (unpaired) electrons. The number of carbonyl (C=O) groups is 2. The van der Waals surface area contributed by atoms with Crippen molar-refractivity contribution in [2.75, 3.05) is 51.3 Å². The molecule has 30 heavy (non-hydrogen) atoms. The Kier molecular flexibility index (Phi) is 6.82. The number of ether oxygens (including phenoxy) is 1. The Bertz CT molecular complexity index is 885. The van der Waals surface area contributed by atoms with E-state index in [2.05, 4.69) is 10.2 Å². The van der Waals surface area contributed by atoms with Gasteiger partial charge in [-0.25, -0.2) is 0 Å². The van der Waals surface area contributed by atoms with Gasteiger partial charge >= 0.3 is 0 Å². The van der Waals surface area contributed by atoms with Crippen LogP contribution in [0.4, 0.5) is 5.00 Å². The summed E-state index contributed by atoms with van der Waals surface area (Å²) in [6.07, 6.45) is 3.25. The molecular weight excluding hydrogens is 398 g/mol. The molecule has 0 aliphatic carbocycles. The van der Waals surface area contributed by atoms with Crippen LogP contribution in [0.25, 0.3) is 10.4 Å². The summed E-state index contributed by atoms with van der Waals surface area (Å²) in [7, 11) is 0. The van der Waals surface area contributed by atoms with Crippen LogP contribution in [0.3, 0.4) is 0 Å². The first-order valence-electron chi connectivity index (χ1n) is 10.7. The van der Waals surface area contributed by atoms with E-state index in [0.29, 0.717) is 30.3 Å². The summed E-state index contributed by atoms with van der Waals surface area (Å²) in [5.74, 6) is -0.0437. The first-order valence-corrected chi connectivity index (χ1v) is 11.5. The van der Waals surface area contributed by atoms with Crippen molar-refractivity contribution < 1.29 is 14.3 Å². The largest absolute Gasteiger partial charge is 0.379 e. The summed E-state index contributed by atoms with van der Waals surface area (Å²) in [4.78, 5) is 31.3. The van der Waals surface area contributed by atoms with Crippen molar-refractivity contribution in [2.45, 2.75) is 26.2 Å². The SMILES string of the molecule is Cc1c(-c2ccccc2)sc(NC(=O)CN2CCOCC2)c1C(=O)N1CCCCC1. The highest BCUT2D eigenvalue weighted by Crippen LogP contribution is 2.40. The van der Waals surface area contributed by atoms with E-state index in [1.165, 1.54) is 17.8 Å². The second-order valence-corrected chi connectivity index (χ2v) is 8.94. The maximum Gasteiger partial charge on any atom is 0.257 e. The normalized spacial score (nSPS) is 17.7. The molecule has 6 nitrogen and oxygen atoms in total. The maximum absolute atomic E-state index is 13.4. The number of hydrogen-bond donors (Lipinski definition) is 1. The molecule has 2 saturated heterocycles. The van der Waals surface area contributed by atoms with E-state index in [4.69, 9.17) is 4.74 Å². The van der Waals surface area contributed by atoms with Crippen molar-refractivity contribution in [3.8, 4) is 10.4 Å². The zero-order valence-electron chi connectivity index (χ0n) is 17.5. The summed E-state index contributed by atoms with van der Waals surface area (Å²) in [6.45, 7) is 6.71. The quantitative estimate of drug-likeness (QED) is 0.792. The third-order valence-corrected chi connectivity index (χ3v) is 7.02. The Balaban J connectivity index is 1.61. The van der Waals surface area contributed by atoms with Gasteiger partial charge in [-0.05, 0) is 37.3 Å². The number of anilines is 1. The van der Waals surface area contributed by atoms with Gasteiger partial charge in [0.2, 0.25) is 5.91 Å². The summed E-state index contributed by atoms with van der Waals surface area (Å²) in [6, 6.07) is 10.1. The Labute approximate surface area is 181 Å². The number of likely N-dealkylation sites (tertiary alicyclic amines) is 1. The molecule has 0 saturated carbocycles. The van der Waals surface area contributed by atoms with Gasteiger partial charge in [-0.15, -0.1) is 11.3 Å². The van der Waals surface area contributed by atoms with Gasteiger partial charge < -0.3 is 15.0 Å². The van der Waals surface area contributed by atoms with E-state index < -0.39 is 0 Å². The van der Waals surface area contributed by atoms with Gasteiger partial charge in [0.05, 0.1) is 25.3 Å². The molecule has 160 valence electrons. The molecule has 2 aromatic rings. The van der Waals surface area contributed by atoms with Crippen LogP contribution in [0.2, 0.25) is 0 Å². The summed E-state index contributed by atoms with van der Waals surface area (Å²) in [5.41, 5.74) is 2.67. The Morgan fingerprint density at radius 2 is 1.73 bits per heavy atom. The minimum absolute atomic E-state index is 0.0345. The smallest absolute Gasteiger partial charge is 0.257 e. The lowest BCUT2D eigenvalue weighted by atomic mass is 10.0. The molecule has 2 fully saturated rings. The predicted octanol–water partition coefficient (Wildman–Crippen LogP) is 3.62. The number of nitrogens with one attached hydrogen (secondary N) is 1. The molecule has 1 aromatic heterocycles. The number of carbonyl (C=O) groups excluding carboxylic acids is 2. The van der Waals surface area contributed by atoms with Gasteiger partial charge in [0.1, 0.15) is 5.00 Å². The lowest BCUT2D eigenvalue weighted by Gasteiger charge is -2.27. The van der Waals surface area contributed by atoms with E-state index in [1.807, 2.05) is 42.2 Å². The fourth-order valence-corrected chi connectivity index (χ4v) is 5.33. The van der Waals surface area contributed by atoms with Crippen molar-refractivity contribution in [2.24, 2.45) is 0 Å². The number of thiophene rings is 1. The number of amides is 2.